The molecule has 122 valence electrons. The summed E-state index contributed by atoms with van der Waals surface area (Å²) in [4.78, 5) is 5.24. The second-order valence-electron chi connectivity index (χ2n) is 7.23. The van der Waals surface area contributed by atoms with Gasteiger partial charge < -0.3 is 10.2 Å². The summed E-state index contributed by atoms with van der Waals surface area (Å²) in [5.41, 5.74) is 2.86. The van der Waals surface area contributed by atoms with E-state index in [0.717, 1.165) is 5.92 Å². The zero-order valence-electron chi connectivity index (χ0n) is 14.2. The van der Waals surface area contributed by atoms with E-state index in [-0.39, 0.29) is 0 Å². The van der Waals surface area contributed by atoms with Crippen LogP contribution in [0, 0.1) is 5.92 Å². The van der Waals surface area contributed by atoms with E-state index in [1.54, 1.807) is 0 Å². The van der Waals surface area contributed by atoms with E-state index in [2.05, 4.69) is 53.2 Å². The maximum absolute atomic E-state index is 3.47. The van der Waals surface area contributed by atoms with Gasteiger partial charge in [0.15, 0.2) is 0 Å². The first-order valence-electron chi connectivity index (χ1n) is 9.00. The smallest absolute Gasteiger partial charge is 0.0369 e. The van der Waals surface area contributed by atoms with Gasteiger partial charge in [-0.1, -0.05) is 26.0 Å². The average Bonchev–Trinajstić information content (AvgIpc) is 2.56. The second-order valence-corrected chi connectivity index (χ2v) is 7.23. The summed E-state index contributed by atoms with van der Waals surface area (Å²) >= 11 is 0. The molecule has 2 saturated heterocycles. The first-order chi connectivity index (χ1) is 10.7. The number of benzene rings is 1. The average molecular weight is 301 g/mol. The summed E-state index contributed by atoms with van der Waals surface area (Å²) in [5, 5.41) is 3.47. The van der Waals surface area contributed by atoms with Crippen LogP contribution in [-0.4, -0.2) is 50.7 Å². The van der Waals surface area contributed by atoms with Crippen LogP contribution in [0.1, 0.15) is 38.2 Å². The first-order valence-corrected chi connectivity index (χ1v) is 9.00. The molecule has 2 aliphatic rings. The van der Waals surface area contributed by atoms with Gasteiger partial charge in [-0.15, -0.1) is 0 Å². The molecular formula is C19H31N3. The van der Waals surface area contributed by atoms with E-state index in [0.29, 0.717) is 5.92 Å². The molecular weight excluding hydrogens is 270 g/mol. The highest BCUT2D eigenvalue weighted by Gasteiger charge is 2.21. The van der Waals surface area contributed by atoms with Gasteiger partial charge in [-0.3, -0.25) is 4.90 Å². The van der Waals surface area contributed by atoms with E-state index < -0.39 is 0 Å². The largest absolute Gasteiger partial charge is 0.369 e. The normalized spacial score (nSPS) is 21.5. The van der Waals surface area contributed by atoms with Gasteiger partial charge in [0, 0.05) is 38.4 Å². The Morgan fingerprint density at radius 2 is 1.82 bits per heavy atom. The molecule has 22 heavy (non-hydrogen) atoms. The monoisotopic (exact) mass is 301 g/mol. The van der Waals surface area contributed by atoms with E-state index in [9.17, 15) is 0 Å². The summed E-state index contributed by atoms with van der Waals surface area (Å²) in [6, 6.07) is 9.12. The molecule has 0 amide bonds. The van der Waals surface area contributed by atoms with E-state index in [1.807, 2.05) is 0 Å². The highest BCUT2D eigenvalue weighted by molar-refractivity contribution is 5.49. The van der Waals surface area contributed by atoms with Gasteiger partial charge in [0.25, 0.3) is 0 Å². The molecule has 0 spiro atoms. The molecule has 1 N–H and O–H groups in total. The molecule has 2 fully saturated rings. The van der Waals surface area contributed by atoms with Crippen molar-refractivity contribution in [3.8, 4) is 0 Å². The lowest BCUT2D eigenvalue weighted by Crippen LogP contribution is -2.48. The minimum atomic E-state index is 0.612. The van der Waals surface area contributed by atoms with Crippen LogP contribution in [0.15, 0.2) is 24.3 Å². The van der Waals surface area contributed by atoms with Crippen molar-refractivity contribution in [2.45, 2.75) is 32.6 Å². The highest BCUT2D eigenvalue weighted by atomic mass is 15.3. The Morgan fingerprint density at radius 1 is 1.09 bits per heavy atom. The van der Waals surface area contributed by atoms with Gasteiger partial charge in [0.1, 0.15) is 0 Å². The predicted octanol–water partition coefficient (Wildman–Crippen LogP) is 2.93. The van der Waals surface area contributed by atoms with Crippen molar-refractivity contribution in [3.63, 3.8) is 0 Å². The molecule has 3 heteroatoms. The lowest BCUT2D eigenvalue weighted by atomic mass is 9.97. The highest BCUT2D eigenvalue weighted by Crippen LogP contribution is 2.23. The standard InChI is InChI=1S/C19H31N3/c1-16(2)18-4-3-5-19(14-18)22-12-10-21(11-13-22)15-17-6-8-20-9-7-17/h3-5,14,16-17,20H,6-13,15H2,1-2H3. The van der Waals surface area contributed by atoms with E-state index in [4.69, 9.17) is 0 Å². The topological polar surface area (TPSA) is 18.5 Å². The van der Waals surface area contributed by atoms with Crippen molar-refractivity contribution < 1.29 is 0 Å². The fourth-order valence-corrected chi connectivity index (χ4v) is 3.70. The van der Waals surface area contributed by atoms with Crippen molar-refractivity contribution in [1.82, 2.24) is 10.2 Å². The number of piperidine rings is 1. The van der Waals surface area contributed by atoms with Crippen LogP contribution in [0.5, 0.6) is 0 Å². The van der Waals surface area contributed by atoms with Gasteiger partial charge in [-0.25, -0.2) is 0 Å². The quantitative estimate of drug-likeness (QED) is 0.922. The molecule has 1 aromatic carbocycles. The van der Waals surface area contributed by atoms with Crippen LogP contribution < -0.4 is 10.2 Å². The summed E-state index contributed by atoms with van der Waals surface area (Å²) in [5.74, 6) is 1.53. The van der Waals surface area contributed by atoms with Crippen molar-refractivity contribution >= 4 is 5.69 Å². The SMILES string of the molecule is CC(C)c1cccc(N2CCN(CC3CCNCC3)CC2)c1. The molecule has 2 aliphatic heterocycles. The summed E-state index contributed by atoms with van der Waals surface area (Å²) < 4.78 is 0. The Labute approximate surface area is 135 Å². The molecule has 0 aromatic heterocycles. The van der Waals surface area contributed by atoms with Crippen LogP contribution in [0.25, 0.3) is 0 Å². The first kappa shape index (κ1) is 15.8. The lowest BCUT2D eigenvalue weighted by Gasteiger charge is -2.38. The molecule has 0 aliphatic carbocycles. The van der Waals surface area contributed by atoms with Crippen molar-refractivity contribution in [3.05, 3.63) is 29.8 Å². The molecule has 0 radical (unpaired) electrons. The third-order valence-electron chi connectivity index (χ3n) is 5.25. The second kappa shape index (κ2) is 7.47. The Kier molecular flexibility index (Phi) is 5.37. The van der Waals surface area contributed by atoms with Crippen molar-refractivity contribution in [2.75, 3.05) is 50.7 Å². The summed E-state index contributed by atoms with van der Waals surface area (Å²) in [7, 11) is 0. The number of hydrogen-bond donors (Lipinski definition) is 1. The van der Waals surface area contributed by atoms with Crippen LogP contribution in [0.3, 0.4) is 0 Å². The van der Waals surface area contributed by atoms with E-state index >= 15 is 0 Å². The van der Waals surface area contributed by atoms with E-state index in [1.165, 1.54) is 69.9 Å². The molecule has 3 nitrogen and oxygen atoms in total. The predicted molar refractivity (Wildman–Crippen MR) is 94.8 cm³/mol. The molecule has 1 aromatic rings. The fourth-order valence-electron chi connectivity index (χ4n) is 3.70. The zero-order valence-corrected chi connectivity index (χ0v) is 14.2. The number of anilines is 1. The number of rotatable bonds is 4. The summed E-state index contributed by atoms with van der Waals surface area (Å²) in [6.07, 6.45) is 2.72. The fraction of sp³-hybridized carbons (Fsp3) is 0.684. The third-order valence-corrected chi connectivity index (χ3v) is 5.25. The molecule has 0 saturated carbocycles. The Balaban J connectivity index is 1.51. The number of nitrogens with zero attached hydrogens (tertiary/aromatic N) is 2. The number of nitrogens with one attached hydrogen (secondary N) is 1. The van der Waals surface area contributed by atoms with Crippen LogP contribution in [-0.2, 0) is 0 Å². The zero-order chi connectivity index (χ0) is 15.4. The molecule has 2 heterocycles. The van der Waals surface area contributed by atoms with Crippen molar-refractivity contribution in [1.29, 1.82) is 0 Å². The van der Waals surface area contributed by atoms with Gasteiger partial charge in [-0.2, -0.15) is 0 Å². The maximum Gasteiger partial charge on any atom is 0.0369 e. The lowest BCUT2D eigenvalue weighted by molar-refractivity contribution is 0.196. The minimum absolute atomic E-state index is 0.612. The van der Waals surface area contributed by atoms with Crippen molar-refractivity contribution in [2.24, 2.45) is 5.92 Å². The Hall–Kier alpha value is -1.06. The van der Waals surface area contributed by atoms with Gasteiger partial charge in [0.2, 0.25) is 0 Å². The number of piperazine rings is 1. The number of hydrogen-bond acceptors (Lipinski definition) is 3. The van der Waals surface area contributed by atoms with Gasteiger partial charge in [0.05, 0.1) is 0 Å². The Morgan fingerprint density at radius 3 is 2.50 bits per heavy atom. The van der Waals surface area contributed by atoms with Gasteiger partial charge >= 0.3 is 0 Å². The Bertz CT molecular complexity index is 458. The summed E-state index contributed by atoms with van der Waals surface area (Å²) in [6.45, 7) is 13.1. The minimum Gasteiger partial charge on any atom is -0.369 e. The molecule has 0 unspecified atom stereocenters. The van der Waals surface area contributed by atoms with Crippen LogP contribution >= 0.6 is 0 Å². The third kappa shape index (κ3) is 4.02. The van der Waals surface area contributed by atoms with Crippen LogP contribution in [0.4, 0.5) is 5.69 Å². The van der Waals surface area contributed by atoms with Gasteiger partial charge in [-0.05, 0) is 55.5 Å². The molecule has 0 bridgehead atoms. The molecule has 3 rings (SSSR count). The maximum atomic E-state index is 3.47. The molecule has 0 atom stereocenters. The van der Waals surface area contributed by atoms with Crippen LogP contribution in [0.2, 0.25) is 0 Å².